The van der Waals surface area contributed by atoms with E-state index in [-0.39, 0.29) is 18.6 Å². The van der Waals surface area contributed by atoms with Crippen LogP contribution in [0.15, 0.2) is 72.9 Å². The first-order valence-electron chi connectivity index (χ1n) is 9.45. The summed E-state index contributed by atoms with van der Waals surface area (Å²) in [5.74, 6) is 0.392. The Labute approximate surface area is 179 Å². The van der Waals surface area contributed by atoms with E-state index in [1.807, 2.05) is 18.2 Å². The van der Waals surface area contributed by atoms with Gasteiger partial charge in [-0.15, -0.1) is 0 Å². The van der Waals surface area contributed by atoms with Gasteiger partial charge in [0.25, 0.3) is 5.91 Å². The Morgan fingerprint density at radius 3 is 2.60 bits per heavy atom. The minimum absolute atomic E-state index is 0.228. The maximum Gasteiger partial charge on any atom is 0.257 e. The summed E-state index contributed by atoms with van der Waals surface area (Å²) >= 11 is 6.24. The van der Waals surface area contributed by atoms with Crippen LogP contribution in [0.3, 0.4) is 0 Å². The molecule has 7 heteroatoms. The highest BCUT2D eigenvalue weighted by molar-refractivity contribution is 6.33. The van der Waals surface area contributed by atoms with Gasteiger partial charge in [0.2, 0.25) is 0 Å². The molecule has 6 nitrogen and oxygen atoms in total. The quantitative estimate of drug-likeness (QED) is 0.558. The van der Waals surface area contributed by atoms with Crippen LogP contribution in [0.2, 0.25) is 5.02 Å². The zero-order valence-corrected chi connectivity index (χ0v) is 16.7. The van der Waals surface area contributed by atoms with Crippen LogP contribution in [0.1, 0.15) is 32.6 Å². The van der Waals surface area contributed by atoms with Crippen LogP contribution in [0, 0.1) is 0 Å². The Bertz CT molecular complexity index is 1030. The number of carbonyl (C=O) groups is 2. The van der Waals surface area contributed by atoms with Crippen molar-refractivity contribution < 1.29 is 19.1 Å². The summed E-state index contributed by atoms with van der Waals surface area (Å²) in [5, 5.41) is 0.386. The minimum atomic E-state index is -0.638. The van der Waals surface area contributed by atoms with Gasteiger partial charge in [-0.3, -0.25) is 14.6 Å². The highest BCUT2D eigenvalue weighted by Crippen LogP contribution is 2.32. The molecule has 30 heavy (non-hydrogen) atoms. The van der Waals surface area contributed by atoms with Gasteiger partial charge < -0.3 is 14.4 Å². The van der Waals surface area contributed by atoms with Gasteiger partial charge in [0.05, 0.1) is 22.8 Å². The largest absolute Gasteiger partial charge is 0.491 e. The molecule has 152 valence electrons. The van der Waals surface area contributed by atoms with Gasteiger partial charge in [0.1, 0.15) is 24.7 Å². The number of ether oxygens (including phenoxy) is 2. The Hall–Kier alpha value is -3.22. The molecule has 1 aliphatic heterocycles. The van der Waals surface area contributed by atoms with E-state index in [0.717, 1.165) is 6.29 Å². The molecule has 2 aromatic carbocycles. The van der Waals surface area contributed by atoms with Crippen molar-refractivity contribution in [2.75, 3.05) is 13.2 Å². The van der Waals surface area contributed by atoms with Crippen LogP contribution in [0.5, 0.6) is 5.75 Å². The van der Waals surface area contributed by atoms with Crippen LogP contribution >= 0.6 is 11.6 Å². The summed E-state index contributed by atoms with van der Waals surface area (Å²) in [5.41, 5.74) is 1.62. The zero-order valence-electron chi connectivity index (χ0n) is 16.0. The van der Waals surface area contributed by atoms with E-state index in [2.05, 4.69) is 4.98 Å². The van der Waals surface area contributed by atoms with Crippen molar-refractivity contribution in [1.82, 2.24) is 9.88 Å². The number of benzene rings is 2. The number of halogens is 1. The maximum atomic E-state index is 13.2. The van der Waals surface area contributed by atoms with Gasteiger partial charge in [-0.2, -0.15) is 0 Å². The van der Waals surface area contributed by atoms with Gasteiger partial charge in [-0.05, 0) is 48.5 Å². The molecule has 0 N–H and O–H groups in total. The van der Waals surface area contributed by atoms with E-state index in [1.54, 1.807) is 59.6 Å². The van der Waals surface area contributed by atoms with Crippen molar-refractivity contribution in [3.05, 3.63) is 94.8 Å². The number of amides is 1. The summed E-state index contributed by atoms with van der Waals surface area (Å²) in [7, 11) is 0. The van der Waals surface area contributed by atoms with E-state index in [0.29, 0.717) is 34.1 Å². The number of nitrogens with zero attached hydrogens (tertiary/aromatic N) is 2. The maximum absolute atomic E-state index is 13.2. The molecule has 0 radical (unpaired) electrons. The molecule has 2 heterocycles. The molecular formula is C23H19ClN2O4. The smallest absolute Gasteiger partial charge is 0.257 e. The van der Waals surface area contributed by atoms with E-state index < -0.39 is 6.23 Å². The number of hydrogen-bond acceptors (Lipinski definition) is 5. The first-order valence-corrected chi connectivity index (χ1v) is 9.83. The fourth-order valence-corrected chi connectivity index (χ4v) is 3.48. The third-order valence-electron chi connectivity index (χ3n) is 4.76. The second-order valence-corrected chi connectivity index (χ2v) is 7.21. The monoisotopic (exact) mass is 422 g/mol. The normalized spacial score (nSPS) is 18.2. The number of pyridine rings is 1. The number of aromatic nitrogens is 1. The van der Waals surface area contributed by atoms with Crippen molar-refractivity contribution in [1.29, 1.82) is 0 Å². The zero-order chi connectivity index (χ0) is 20.9. The molecule has 0 spiro atoms. The molecular weight excluding hydrogens is 404 g/mol. The summed E-state index contributed by atoms with van der Waals surface area (Å²) in [6.07, 6.45) is 1.45. The van der Waals surface area contributed by atoms with Crippen molar-refractivity contribution in [3.8, 4) is 5.75 Å². The average molecular weight is 423 g/mol. The summed E-state index contributed by atoms with van der Waals surface area (Å²) in [4.78, 5) is 30.0. The van der Waals surface area contributed by atoms with Crippen molar-refractivity contribution in [2.24, 2.45) is 0 Å². The second-order valence-electron chi connectivity index (χ2n) is 6.80. The Morgan fingerprint density at radius 2 is 1.90 bits per heavy atom. The van der Waals surface area contributed by atoms with Crippen LogP contribution in [0.25, 0.3) is 0 Å². The van der Waals surface area contributed by atoms with Gasteiger partial charge in [0, 0.05) is 11.8 Å². The van der Waals surface area contributed by atoms with E-state index >= 15 is 0 Å². The number of carbonyl (C=O) groups excluding carboxylic acids is 2. The van der Waals surface area contributed by atoms with Crippen LogP contribution in [0.4, 0.5) is 0 Å². The van der Waals surface area contributed by atoms with Crippen molar-refractivity contribution in [3.63, 3.8) is 0 Å². The van der Waals surface area contributed by atoms with Crippen molar-refractivity contribution >= 4 is 23.8 Å². The van der Waals surface area contributed by atoms with E-state index in [1.165, 1.54) is 0 Å². The Morgan fingerprint density at radius 1 is 1.13 bits per heavy atom. The molecule has 1 aliphatic rings. The first kappa shape index (κ1) is 20.1. The van der Waals surface area contributed by atoms with E-state index in [9.17, 15) is 9.59 Å². The van der Waals surface area contributed by atoms with Crippen LogP contribution in [-0.2, 0) is 4.74 Å². The third-order valence-corrected chi connectivity index (χ3v) is 5.09. The standard InChI is InChI=1S/C23H19ClN2O4/c24-20-6-2-1-5-19(20)22(28)26-13-18(30-23(26)21-7-3-4-12-25-21)15-29-17-10-8-16(14-27)9-11-17/h1-12,14,18,23H,13,15H2. The lowest BCUT2D eigenvalue weighted by atomic mass is 10.2. The molecule has 1 fully saturated rings. The van der Waals surface area contributed by atoms with E-state index in [4.69, 9.17) is 21.1 Å². The predicted octanol–water partition coefficient (Wildman–Crippen LogP) is 4.17. The lowest BCUT2D eigenvalue weighted by Crippen LogP contribution is -2.33. The SMILES string of the molecule is O=Cc1ccc(OCC2CN(C(=O)c3ccccc3Cl)C(c3ccccn3)O2)cc1. The Balaban J connectivity index is 1.52. The van der Waals surface area contributed by atoms with Crippen molar-refractivity contribution in [2.45, 2.75) is 12.3 Å². The summed E-state index contributed by atoms with van der Waals surface area (Å²) in [6, 6.07) is 19.2. The molecule has 1 amide bonds. The fourth-order valence-electron chi connectivity index (χ4n) is 3.27. The van der Waals surface area contributed by atoms with Gasteiger partial charge in [-0.25, -0.2) is 0 Å². The number of hydrogen-bond donors (Lipinski definition) is 0. The molecule has 0 saturated carbocycles. The fraction of sp³-hybridized carbons (Fsp3) is 0.174. The molecule has 0 aliphatic carbocycles. The molecule has 1 aromatic heterocycles. The second kappa shape index (κ2) is 9.07. The van der Waals surface area contributed by atoms with Crippen LogP contribution < -0.4 is 4.74 Å². The van der Waals surface area contributed by atoms with Gasteiger partial charge in [-0.1, -0.05) is 29.8 Å². The topological polar surface area (TPSA) is 68.7 Å². The molecule has 4 rings (SSSR count). The first-order chi connectivity index (χ1) is 14.7. The highest BCUT2D eigenvalue weighted by atomic mass is 35.5. The molecule has 0 bridgehead atoms. The number of rotatable bonds is 6. The number of aldehydes is 1. The third kappa shape index (κ3) is 4.35. The molecule has 2 unspecified atom stereocenters. The predicted molar refractivity (Wildman–Crippen MR) is 112 cm³/mol. The van der Waals surface area contributed by atoms with Crippen LogP contribution in [-0.4, -0.2) is 41.3 Å². The summed E-state index contributed by atoms with van der Waals surface area (Å²) < 4.78 is 11.9. The summed E-state index contributed by atoms with van der Waals surface area (Å²) in [6.45, 7) is 0.577. The lowest BCUT2D eigenvalue weighted by Gasteiger charge is -2.22. The highest BCUT2D eigenvalue weighted by Gasteiger charge is 2.39. The molecule has 2 atom stereocenters. The lowest BCUT2D eigenvalue weighted by molar-refractivity contribution is -0.0141. The molecule has 3 aromatic rings. The minimum Gasteiger partial charge on any atom is -0.491 e. The van der Waals surface area contributed by atoms with Gasteiger partial charge in [0.15, 0.2) is 6.23 Å². The Kier molecular flexibility index (Phi) is 6.07. The average Bonchev–Trinajstić information content (AvgIpc) is 3.23. The van der Waals surface area contributed by atoms with Gasteiger partial charge >= 0.3 is 0 Å². The molecule has 1 saturated heterocycles.